The Morgan fingerprint density at radius 1 is 1.00 bits per heavy atom. The Kier molecular flexibility index (Phi) is 3.88. The van der Waals surface area contributed by atoms with Crippen LogP contribution in [0, 0.1) is 5.41 Å². The van der Waals surface area contributed by atoms with Crippen LogP contribution in [0.15, 0.2) is 0 Å². The molecule has 1 atom stereocenters. The summed E-state index contributed by atoms with van der Waals surface area (Å²) < 4.78 is 5.50. The number of ether oxygens (including phenoxy) is 1. The van der Waals surface area contributed by atoms with Crippen LogP contribution < -0.4 is 5.73 Å². The Morgan fingerprint density at radius 2 is 1.69 bits per heavy atom. The highest BCUT2D eigenvalue weighted by atomic mass is 16.5. The summed E-state index contributed by atoms with van der Waals surface area (Å²) in [5.41, 5.74) is 5.27. The van der Waals surface area contributed by atoms with E-state index >= 15 is 0 Å². The maximum absolute atomic E-state index is 10.9. The molecule has 1 saturated carbocycles. The zero-order valence-corrected chi connectivity index (χ0v) is 10.2. The van der Waals surface area contributed by atoms with Gasteiger partial charge in [0, 0.05) is 18.6 Å². The van der Waals surface area contributed by atoms with E-state index in [2.05, 4.69) is 0 Å². The monoisotopic (exact) mass is 227 g/mol. The third-order valence-corrected chi connectivity index (χ3v) is 4.66. The number of nitrogens with two attached hydrogens (primary N) is 1. The predicted octanol–water partition coefficient (Wildman–Crippen LogP) is 1.83. The summed E-state index contributed by atoms with van der Waals surface area (Å²) in [5.74, 6) is 0. The molecule has 2 rings (SSSR count). The minimum Gasteiger partial charge on any atom is -0.387 e. The van der Waals surface area contributed by atoms with E-state index < -0.39 is 5.60 Å². The van der Waals surface area contributed by atoms with Crippen LogP contribution in [-0.2, 0) is 4.74 Å². The Bertz CT molecular complexity index is 216. The second-order valence-electron chi connectivity index (χ2n) is 5.59. The zero-order chi connectivity index (χ0) is 11.5. The number of rotatable bonds is 2. The van der Waals surface area contributed by atoms with Gasteiger partial charge in [0.15, 0.2) is 0 Å². The molecule has 3 N–H and O–H groups in total. The first-order valence-electron chi connectivity index (χ1n) is 6.73. The fraction of sp³-hybridized carbons (Fsp3) is 1.00. The van der Waals surface area contributed by atoms with Crippen molar-refractivity contribution in [2.45, 2.75) is 57.0 Å². The van der Waals surface area contributed by atoms with E-state index in [-0.39, 0.29) is 5.41 Å². The molecule has 0 radical (unpaired) electrons. The van der Waals surface area contributed by atoms with Gasteiger partial charge in [-0.3, -0.25) is 0 Å². The molecule has 1 unspecified atom stereocenters. The van der Waals surface area contributed by atoms with Crippen LogP contribution in [0.2, 0.25) is 0 Å². The first-order chi connectivity index (χ1) is 7.72. The maximum Gasteiger partial charge on any atom is 0.0948 e. The highest BCUT2D eigenvalue weighted by molar-refractivity contribution is 5.01. The van der Waals surface area contributed by atoms with Gasteiger partial charge in [-0.25, -0.2) is 0 Å². The molecule has 94 valence electrons. The minimum atomic E-state index is -0.662. The summed E-state index contributed by atoms with van der Waals surface area (Å²) in [6, 6.07) is 0. The molecular weight excluding hydrogens is 202 g/mol. The average Bonchev–Trinajstić information content (AvgIpc) is 2.56. The predicted molar refractivity (Wildman–Crippen MR) is 64.2 cm³/mol. The van der Waals surface area contributed by atoms with Gasteiger partial charge in [-0.1, -0.05) is 25.7 Å². The van der Waals surface area contributed by atoms with Gasteiger partial charge in [0.1, 0.15) is 0 Å². The molecule has 0 aromatic rings. The molecule has 0 amide bonds. The topological polar surface area (TPSA) is 55.5 Å². The summed E-state index contributed by atoms with van der Waals surface area (Å²) in [6.45, 7) is 1.89. The van der Waals surface area contributed by atoms with E-state index in [9.17, 15) is 5.11 Å². The van der Waals surface area contributed by atoms with Crippen LogP contribution in [0.3, 0.4) is 0 Å². The van der Waals surface area contributed by atoms with E-state index in [4.69, 9.17) is 10.5 Å². The first kappa shape index (κ1) is 12.3. The summed E-state index contributed by atoms with van der Waals surface area (Å²) in [6.07, 6.45) is 8.98. The summed E-state index contributed by atoms with van der Waals surface area (Å²) in [5, 5.41) is 10.9. The number of hydrogen-bond donors (Lipinski definition) is 2. The fourth-order valence-corrected chi connectivity index (χ4v) is 3.46. The van der Waals surface area contributed by atoms with Crippen molar-refractivity contribution in [1.82, 2.24) is 0 Å². The lowest BCUT2D eigenvalue weighted by Crippen LogP contribution is -2.57. The van der Waals surface area contributed by atoms with E-state index in [1.165, 1.54) is 25.7 Å². The maximum atomic E-state index is 10.9. The van der Waals surface area contributed by atoms with Gasteiger partial charge in [0.05, 0.1) is 12.2 Å². The summed E-state index contributed by atoms with van der Waals surface area (Å²) in [7, 11) is 0. The van der Waals surface area contributed by atoms with Crippen LogP contribution in [0.5, 0.6) is 0 Å². The zero-order valence-electron chi connectivity index (χ0n) is 10.2. The van der Waals surface area contributed by atoms with Crippen molar-refractivity contribution >= 4 is 0 Å². The molecule has 1 aliphatic heterocycles. The molecule has 3 nitrogen and oxygen atoms in total. The molecule has 1 aliphatic carbocycles. The number of aliphatic hydroxyl groups is 1. The standard InChI is InChI=1S/C13H25NO2/c14-10-12(6-3-1-2-4-7-12)13(15)8-5-9-16-11-13/h15H,1-11,14H2. The Labute approximate surface area is 98.4 Å². The second-order valence-corrected chi connectivity index (χ2v) is 5.59. The van der Waals surface area contributed by atoms with E-state index in [0.717, 1.165) is 32.3 Å². The largest absolute Gasteiger partial charge is 0.387 e. The van der Waals surface area contributed by atoms with Gasteiger partial charge < -0.3 is 15.6 Å². The van der Waals surface area contributed by atoms with Crippen molar-refractivity contribution in [2.24, 2.45) is 11.1 Å². The molecule has 0 spiro atoms. The lowest BCUT2D eigenvalue weighted by Gasteiger charge is -2.48. The Morgan fingerprint density at radius 3 is 2.19 bits per heavy atom. The average molecular weight is 227 g/mol. The smallest absolute Gasteiger partial charge is 0.0948 e. The third-order valence-electron chi connectivity index (χ3n) is 4.66. The Hall–Kier alpha value is -0.120. The fourth-order valence-electron chi connectivity index (χ4n) is 3.46. The van der Waals surface area contributed by atoms with Crippen LogP contribution in [0.1, 0.15) is 51.4 Å². The van der Waals surface area contributed by atoms with Crippen LogP contribution in [0.25, 0.3) is 0 Å². The SMILES string of the molecule is NCC1(C2(O)CCCOC2)CCCCCC1. The van der Waals surface area contributed by atoms with Gasteiger partial charge in [0.25, 0.3) is 0 Å². The van der Waals surface area contributed by atoms with Gasteiger partial charge >= 0.3 is 0 Å². The third kappa shape index (κ3) is 2.13. The molecule has 0 aromatic heterocycles. The highest BCUT2D eigenvalue weighted by Crippen LogP contribution is 2.46. The molecule has 0 bridgehead atoms. The quantitative estimate of drug-likeness (QED) is 0.708. The molecule has 16 heavy (non-hydrogen) atoms. The summed E-state index contributed by atoms with van der Waals surface area (Å²) in [4.78, 5) is 0. The lowest BCUT2D eigenvalue weighted by atomic mass is 9.65. The van der Waals surface area contributed by atoms with Crippen molar-refractivity contribution in [3.8, 4) is 0 Å². The molecule has 1 saturated heterocycles. The van der Waals surface area contributed by atoms with E-state index in [1.807, 2.05) is 0 Å². The Balaban J connectivity index is 2.16. The summed E-state index contributed by atoms with van der Waals surface area (Å²) >= 11 is 0. The van der Waals surface area contributed by atoms with Crippen molar-refractivity contribution in [3.05, 3.63) is 0 Å². The molecule has 2 fully saturated rings. The van der Waals surface area contributed by atoms with Crippen molar-refractivity contribution in [2.75, 3.05) is 19.8 Å². The van der Waals surface area contributed by atoms with Crippen LogP contribution in [0.4, 0.5) is 0 Å². The molecule has 1 heterocycles. The van der Waals surface area contributed by atoms with E-state index in [0.29, 0.717) is 13.2 Å². The van der Waals surface area contributed by atoms with Crippen molar-refractivity contribution < 1.29 is 9.84 Å². The van der Waals surface area contributed by atoms with Gasteiger partial charge in [0.2, 0.25) is 0 Å². The minimum absolute atomic E-state index is 0.0794. The highest BCUT2D eigenvalue weighted by Gasteiger charge is 2.49. The molecule has 0 aromatic carbocycles. The van der Waals surface area contributed by atoms with Gasteiger partial charge in [-0.05, 0) is 25.7 Å². The molecular formula is C13H25NO2. The molecule has 2 aliphatic rings. The lowest BCUT2D eigenvalue weighted by molar-refractivity contribution is -0.164. The second kappa shape index (κ2) is 5.03. The van der Waals surface area contributed by atoms with Gasteiger partial charge in [-0.2, -0.15) is 0 Å². The molecule has 3 heteroatoms. The van der Waals surface area contributed by atoms with Crippen LogP contribution >= 0.6 is 0 Å². The van der Waals surface area contributed by atoms with Gasteiger partial charge in [-0.15, -0.1) is 0 Å². The number of hydrogen-bond acceptors (Lipinski definition) is 3. The normalized spacial score (nSPS) is 35.6. The van der Waals surface area contributed by atoms with Crippen molar-refractivity contribution in [1.29, 1.82) is 0 Å². The van der Waals surface area contributed by atoms with Crippen LogP contribution in [-0.4, -0.2) is 30.5 Å². The first-order valence-corrected chi connectivity index (χ1v) is 6.73. The van der Waals surface area contributed by atoms with Crippen molar-refractivity contribution in [3.63, 3.8) is 0 Å². The van der Waals surface area contributed by atoms with E-state index in [1.54, 1.807) is 0 Å².